The van der Waals surface area contributed by atoms with Crippen molar-refractivity contribution in [1.82, 2.24) is 4.90 Å². The SMILES string of the molecule is CCCCCCCCCCN(C)C(C)O.Cl. The molecule has 0 saturated heterocycles. The fraction of sp³-hybridized carbons (Fsp3) is 1.00. The van der Waals surface area contributed by atoms with E-state index in [1.54, 1.807) is 0 Å². The lowest BCUT2D eigenvalue weighted by molar-refractivity contribution is 0.0373. The lowest BCUT2D eigenvalue weighted by atomic mass is 10.1. The van der Waals surface area contributed by atoms with Crippen molar-refractivity contribution < 1.29 is 5.11 Å². The van der Waals surface area contributed by atoms with E-state index in [4.69, 9.17) is 0 Å². The quantitative estimate of drug-likeness (QED) is 0.471. The van der Waals surface area contributed by atoms with E-state index in [9.17, 15) is 5.11 Å². The molecule has 0 amide bonds. The van der Waals surface area contributed by atoms with Crippen molar-refractivity contribution in [3.63, 3.8) is 0 Å². The molecule has 0 bridgehead atoms. The normalized spacial score (nSPS) is 12.6. The summed E-state index contributed by atoms with van der Waals surface area (Å²) in [4.78, 5) is 2.00. The van der Waals surface area contributed by atoms with E-state index in [1.165, 1.54) is 51.4 Å². The van der Waals surface area contributed by atoms with Gasteiger partial charge in [-0.25, -0.2) is 0 Å². The first-order valence-corrected chi connectivity index (χ1v) is 6.56. The number of rotatable bonds is 10. The Kier molecular flexibility index (Phi) is 15.4. The van der Waals surface area contributed by atoms with Crippen molar-refractivity contribution in [2.75, 3.05) is 13.6 Å². The Labute approximate surface area is 108 Å². The number of halogens is 1. The monoisotopic (exact) mass is 251 g/mol. The van der Waals surface area contributed by atoms with Gasteiger partial charge >= 0.3 is 0 Å². The summed E-state index contributed by atoms with van der Waals surface area (Å²) >= 11 is 0. The van der Waals surface area contributed by atoms with E-state index in [2.05, 4.69) is 6.92 Å². The third kappa shape index (κ3) is 12.3. The topological polar surface area (TPSA) is 23.5 Å². The summed E-state index contributed by atoms with van der Waals surface area (Å²) in [5.41, 5.74) is 0. The highest BCUT2D eigenvalue weighted by Crippen LogP contribution is 2.08. The van der Waals surface area contributed by atoms with E-state index in [0.717, 1.165) is 6.54 Å². The van der Waals surface area contributed by atoms with Crippen molar-refractivity contribution in [3.05, 3.63) is 0 Å². The maximum atomic E-state index is 9.25. The highest BCUT2D eigenvalue weighted by Gasteiger charge is 2.02. The number of aliphatic hydroxyl groups is 1. The van der Waals surface area contributed by atoms with Crippen LogP contribution in [0.2, 0.25) is 0 Å². The van der Waals surface area contributed by atoms with Gasteiger partial charge in [0.25, 0.3) is 0 Å². The van der Waals surface area contributed by atoms with Crippen LogP contribution in [0.3, 0.4) is 0 Å². The van der Waals surface area contributed by atoms with Gasteiger partial charge in [0.15, 0.2) is 0 Å². The molecule has 16 heavy (non-hydrogen) atoms. The number of aliphatic hydroxyl groups excluding tert-OH is 1. The minimum atomic E-state index is -0.297. The highest BCUT2D eigenvalue weighted by atomic mass is 35.5. The Morgan fingerprint density at radius 3 is 1.81 bits per heavy atom. The van der Waals surface area contributed by atoms with Gasteiger partial charge in [0.1, 0.15) is 6.23 Å². The first kappa shape index (κ1) is 18.6. The predicted molar refractivity (Wildman–Crippen MR) is 74.2 cm³/mol. The van der Waals surface area contributed by atoms with Crippen LogP contribution in [0.5, 0.6) is 0 Å². The van der Waals surface area contributed by atoms with Gasteiger partial charge in [-0.3, -0.25) is 4.90 Å². The van der Waals surface area contributed by atoms with Gasteiger partial charge in [-0.05, 0) is 20.4 Å². The summed E-state index contributed by atoms with van der Waals surface area (Å²) in [6.07, 6.45) is 10.5. The molecule has 0 aromatic carbocycles. The van der Waals surface area contributed by atoms with Crippen molar-refractivity contribution in [2.45, 2.75) is 71.4 Å². The second-order valence-corrected chi connectivity index (χ2v) is 4.59. The van der Waals surface area contributed by atoms with Crippen molar-refractivity contribution >= 4 is 12.4 Å². The molecule has 0 aliphatic heterocycles. The summed E-state index contributed by atoms with van der Waals surface area (Å²) in [6.45, 7) is 5.10. The first-order chi connectivity index (χ1) is 7.18. The first-order valence-electron chi connectivity index (χ1n) is 6.56. The van der Waals surface area contributed by atoms with Crippen LogP contribution < -0.4 is 0 Å². The maximum Gasteiger partial charge on any atom is 0.104 e. The molecule has 0 aromatic heterocycles. The van der Waals surface area contributed by atoms with Gasteiger partial charge in [0.05, 0.1) is 0 Å². The molecule has 2 nitrogen and oxygen atoms in total. The number of unbranched alkanes of at least 4 members (excludes halogenated alkanes) is 7. The summed E-state index contributed by atoms with van der Waals surface area (Å²) in [7, 11) is 1.98. The molecule has 0 fully saturated rings. The fourth-order valence-corrected chi connectivity index (χ4v) is 1.68. The van der Waals surface area contributed by atoms with Crippen molar-refractivity contribution in [1.29, 1.82) is 0 Å². The molecule has 0 saturated carbocycles. The molecular weight excluding hydrogens is 222 g/mol. The molecule has 3 heteroatoms. The minimum absolute atomic E-state index is 0. The van der Waals surface area contributed by atoms with E-state index < -0.39 is 0 Å². The molecule has 1 N–H and O–H groups in total. The zero-order valence-corrected chi connectivity index (χ0v) is 12.1. The lowest BCUT2D eigenvalue weighted by Gasteiger charge is -2.19. The van der Waals surface area contributed by atoms with Crippen LogP contribution in [0.25, 0.3) is 0 Å². The van der Waals surface area contributed by atoms with E-state index >= 15 is 0 Å². The molecule has 0 spiro atoms. The Morgan fingerprint density at radius 1 is 0.938 bits per heavy atom. The molecular formula is C13H30ClNO. The number of hydrogen-bond acceptors (Lipinski definition) is 2. The fourth-order valence-electron chi connectivity index (χ4n) is 1.68. The summed E-state index contributed by atoms with van der Waals surface area (Å²) in [6, 6.07) is 0. The van der Waals surface area contributed by atoms with Crippen LogP contribution in [0, 0.1) is 0 Å². The Balaban J connectivity index is 0. The van der Waals surface area contributed by atoms with Gasteiger partial charge in [0, 0.05) is 6.54 Å². The van der Waals surface area contributed by atoms with E-state index in [1.807, 2.05) is 18.9 Å². The van der Waals surface area contributed by atoms with Crippen molar-refractivity contribution in [3.8, 4) is 0 Å². The van der Waals surface area contributed by atoms with E-state index in [-0.39, 0.29) is 18.6 Å². The molecule has 1 atom stereocenters. The number of nitrogens with zero attached hydrogens (tertiary/aromatic N) is 1. The second kappa shape index (κ2) is 13.3. The van der Waals surface area contributed by atoms with Gasteiger partial charge in [-0.1, -0.05) is 51.9 Å². The summed E-state index contributed by atoms with van der Waals surface area (Å²) in [5.74, 6) is 0. The third-order valence-electron chi connectivity index (χ3n) is 3.00. The number of hydrogen-bond donors (Lipinski definition) is 1. The molecule has 1 unspecified atom stereocenters. The average Bonchev–Trinajstić information content (AvgIpc) is 2.21. The van der Waals surface area contributed by atoms with Crippen molar-refractivity contribution in [2.24, 2.45) is 0 Å². The molecule has 0 heterocycles. The highest BCUT2D eigenvalue weighted by molar-refractivity contribution is 5.85. The standard InChI is InChI=1S/C13H29NO.ClH/c1-4-5-6-7-8-9-10-11-12-14(3)13(2)15;/h13,15H,4-12H2,1-3H3;1H. The molecule has 0 aliphatic rings. The zero-order valence-electron chi connectivity index (χ0n) is 11.2. The minimum Gasteiger partial charge on any atom is -0.379 e. The van der Waals surface area contributed by atoms with Gasteiger partial charge in [-0.15, -0.1) is 12.4 Å². The van der Waals surface area contributed by atoms with Gasteiger partial charge < -0.3 is 5.11 Å². The summed E-state index contributed by atoms with van der Waals surface area (Å²) in [5, 5.41) is 9.25. The van der Waals surface area contributed by atoms with Crippen LogP contribution >= 0.6 is 12.4 Å². The molecule has 100 valence electrons. The Hall–Kier alpha value is 0.210. The van der Waals surface area contributed by atoms with Crippen LogP contribution in [-0.4, -0.2) is 29.8 Å². The van der Waals surface area contributed by atoms with E-state index in [0.29, 0.717) is 0 Å². The molecule has 0 aliphatic carbocycles. The summed E-state index contributed by atoms with van der Waals surface area (Å²) < 4.78 is 0. The Bertz CT molecular complexity index is 131. The maximum absolute atomic E-state index is 9.25. The van der Waals surface area contributed by atoms with Crippen LogP contribution in [0.1, 0.15) is 65.2 Å². The molecule has 0 radical (unpaired) electrons. The lowest BCUT2D eigenvalue weighted by Crippen LogP contribution is -2.29. The van der Waals surface area contributed by atoms with Crippen LogP contribution in [-0.2, 0) is 0 Å². The third-order valence-corrected chi connectivity index (χ3v) is 3.00. The average molecular weight is 252 g/mol. The van der Waals surface area contributed by atoms with Crippen LogP contribution in [0.15, 0.2) is 0 Å². The Morgan fingerprint density at radius 2 is 1.38 bits per heavy atom. The van der Waals surface area contributed by atoms with Gasteiger partial charge in [-0.2, -0.15) is 0 Å². The smallest absolute Gasteiger partial charge is 0.104 e. The van der Waals surface area contributed by atoms with Crippen LogP contribution in [0.4, 0.5) is 0 Å². The second-order valence-electron chi connectivity index (χ2n) is 4.59. The molecule has 0 aromatic rings. The predicted octanol–water partition coefficient (Wildman–Crippen LogP) is 3.82. The molecule has 0 rings (SSSR count). The zero-order chi connectivity index (χ0) is 11.5. The largest absolute Gasteiger partial charge is 0.379 e. The van der Waals surface area contributed by atoms with Gasteiger partial charge in [0.2, 0.25) is 0 Å².